The van der Waals surface area contributed by atoms with E-state index in [9.17, 15) is 14.4 Å². The van der Waals surface area contributed by atoms with Crippen LogP contribution in [-0.4, -0.2) is 31.3 Å². The minimum atomic E-state index is -0.425. The zero-order valence-electron chi connectivity index (χ0n) is 12.9. The van der Waals surface area contributed by atoms with E-state index in [4.69, 9.17) is 11.6 Å². The first-order valence-corrected chi connectivity index (χ1v) is 7.54. The summed E-state index contributed by atoms with van der Waals surface area (Å²) in [6, 6.07) is 13.0. The van der Waals surface area contributed by atoms with Crippen LogP contribution in [0.3, 0.4) is 0 Å². The van der Waals surface area contributed by atoms with E-state index < -0.39 is 5.91 Å². The molecule has 0 bridgehead atoms. The van der Waals surface area contributed by atoms with Crippen LogP contribution in [0.1, 0.15) is 20.7 Å². The maximum Gasteiger partial charge on any atom is 0.253 e. The third-order valence-corrected chi connectivity index (χ3v) is 3.52. The summed E-state index contributed by atoms with van der Waals surface area (Å²) in [5, 5.41) is 7.96. The number of hydrogen-bond donors (Lipinski definition) is 3. The van der Waals surface area contributed by atoms with Crippen molar-refractivity contribution in [1.29, 1.82) is 0 Å². The van der Waals surface area contributed by atoms with Crippen molar-refractivity contribution in [2.75, 3.05) is 18.9 Å². The van der Waals surface area contributed by atoms with Crippen molar-refractivity contribution >= 4 is 35.0 Å². The van der Waals surface area contributed by atoms with Crippen LogP contribution in [0.5, 0.6) is 0 Å². The molecule has 6 nitrogen and oxygen atoms in total. The van der Waals surface area contributed by atoms with E-state index in [-0.39, 0.29) is 18.4 Å². The Hall–Kier alpha value is -2.86. The number of hydrogen-bond acceptors (Lipinski definition) is 3. The van der Waals surface area contributed by atoms with Crippen LogP contribution >= 0.6 is 11.6 Å². The van der Waals surface area contributed by atoms with Crippen molar-refractivity contribution in [3.05, 3.63) is 64.7 Å². The molecule has 124 valence electrons. The van der Waals surface area contributed by atoms with Gasteiger partial charge in [0.25, 0.3) is 11.8 Å². The summed E-state index contributed by atoms with van der Waals surface area (Å²) >= 11 is 5.92. The maximum atomic E-state index is 12.0. The van der Waals surface area contributed by atoms with E-state index in [0.29, 0.717) is 21.8 Å². The van der Waals surface area contributed by atoms with Crippen molar-refractivity contribution in [2.45, 2.75) is 0 Å². The number of nitrogens with one attached hydrogen (secondary N) is 3. The van der Waals surface area contributed by atoms with Crippen LogP contribution in [0.2, 0.25) is 5.02 Å². The first-order chi connectivity index (χ1) is 11.5. The number of rotatable bonds is 5. The Labute approximate surface area is 144 Å². The zero-order chi connectivity index (χ0) is 17.5. The molecule has 3 amide bonds. The van der Waals surface area contributed by atoms with E-state index in [0.717, 1.165) is 0 Å². The number of benzene rings is 2. The number of carbonyl (C=O) groups excluding carboxylic acids is 3. The van der Waals surface area contributed by atoms with Gasteiger partial charge in [-0.15, -0.1) is 0 Å². The molecule has 3 N–H and O–H groups in total. The summed E-state index contributed by atoms with van der Waals surface area (Å²) in [4.78, 5) is 35.3. The molecular weight excluding hydrogens is 330 g/mol. The Morgan fingerprint density at radius 2 is 1.62 bits per heavy atom. The molecule has 0 saturated carbocycles. The molecule has 0 radical (unpaired) electrons. The Kier molecular flexibility index (Phi) is 5.92. The molecular formula is C17H16ClN3O3. The van der Waals surface area contributed by atoms with E-state index in [2.05, 4.69) is 16.0 Å². The molecule has 0 saturated heterocycles. The average Bonchev–Trinajstić information content (AvgIpc) is 2.60. The van der Waals surface area contributed by atoms with Crippen molar-refractivity contribution in [3.8, 4) is 0 Å². The molecule has 2 aromatic rings. The zero-order valence-corrected chi connectivity index (χ0v) is 13.7. The molecule has 2 rings (SSSR count). The van der Waals surface area contributed by atoms with Gasteiger partial charge in [-0.3, -0.25) is 14.4 Å². The molecule has 24 heavy (non-hydrogen) atoms. The average molecular weight is 346 g/mol. The third kappa shape index (κ3) is 4.57. The highest BCUT2D eigenvalue weighted by molar-refractivity contribution is 6.33. The standard InChI is InChI=1S/C17H16ClN3O3/c1-19-16(23)11-6-8-12(9-7-11)21-15(22)10-20-17(24)13-4-2-3-5-14(13)18/h2-9H,10H2,1H3,(H,19,23)(H,20,24)(H,21,22). The smallest absolute Gasteiger partial charge is 0.253 e. The summed E-state index contributed by atoms with van der Waals surface area (Å²) in [6.07, 6.45) is 0. The lowest BCUT2D eigenvalue weighted by atomic mass is 10.2. The van der Waals surface area contributed by atoms with Gasteiger partial charge in [0.15, 0.2) is 0 Å². The fraction of sp³-hybridized carbons (Fsp3) is 0.118. The summed E-state index contributed by atoms with van der Waals surface area (Å²) < 4.78 is 0. The molecule has 0 aliphatic rings. The SMILES string of the molecule is CNC(=O)c1ccc(NC(=O)CNC(=O)c2ccccc2Cl)cc1. The minimum absolute atomic E-state index is 0.193. The number of amides is 3. The van der Waals surface area contributed by atoms with Crippen molar-refractivity contribution in [3.63, 3.8) is 0 Å². The van der Waals surface area contributed by atoms with Gasteiger partial charge in [-0.2, -0.15) is 0 Å². The van der Waals surface area contributed by atoms with E-state index in [1.54, 1.807) is 55.6 Å². The highest BCUT2D eigenvalue weighted by Gasteiger charge is 2.11. The molecule has 0 atom stereocenters. The third-order valence-electron chi connectivity index (χ3n) is 3.19. The van der Waals surface area contributed by atoms with E-state index in [1.807, 2.05) is 0 Å². The Balaban J connectivity index is 1.88. The fourth-order valence-corrected chi connectivity index (χ4v) is 2.18. The molecule has 0 unspecified atom stereocenters. The van der Waals surface area contributed by atoms with Gasteiger partial charge in [0.2, 0.25) is 5.91 Å². The number of carbonyl (C=O) groups is 3. The summed E-state index contributed by atoms with van der Waals surface area (Å²) in [7, 11) is 1.54. The van der Waals surface area contributed by atoms with Crippen LogP contribution < -0.4 is 16.0 Å². The molecule has 0 aliphatic carbocycles. The van der Waals surface area contributed by atoms with E-state index >= 15 is 0 Å². The quantitative estimate of drug-likeness (QED) is 0.775. The molecule has 0 fully saturated rings. The largest absolute Gasteiger partial charge is 0.355 e. The Morgan fingerprint density at radius 3 is 2.25 bits per heavy atom. The summed E-state index contributed by atoms with van der Waals surface area (Å²) in [5.74, 6) is -1.02. The monoisotopic (exact) mass is 345 g/mol. The molecule has 0 heterocycles. The summed E-state index contributed by atoms with van der Waals surface area (Å²) in [6.45, 7) is -0.193. The minimum Gasteiger partial charge on any atom is -0.355 e. The van der Waals surface area contributed by atoms with Gasteiger partial charge in [-0.25, -0.2) is 0 Å². The van der Waals surface area contributed by atoms with Gasteiger partial charge in [-0.05, 0) is 36.4 Å². The highest BCUT2D eigenvalue weighted by atomic mass is 35.5. The summed E-state index contributed by atoms with van der Waals surface area (Å²) in [5.41, 5.74) is 1.32. The lowest BCUT2D eigenvalue weighted by Gasteiger charge is -2.08. The van der Waals surface area contributed by atoms with Gasteiger partial charge >= 0.3 is 0 Å². The maximum absolute atomic E-state index is 12.0. The first-order valence-electron chi connectivity index (χ1n) is 7.16. The van der Waals surface area contributed by atoms with Crippen LogP contribution in [-0.2, 0) is 4.79 Å². The Morgan fingerprint density at radius 1 is 0.958 bits per heavy atom. The van der Waals surface area contributed by atoms with Gasteiger partial charge in [0, 0.05) is 18.3 Å². The fourth-order valence-electron chi connectivity index (χ4n) is 1.96. The van der Waals surface area contributed by atoms with Crippen molar-refractivity contribution in [2.24, 2.45) is 0 Å². The molecule has 7 heteroatoms. The molecule has 0 aliphatic heterocycles. The van der Waals surface area contributed by atoms with Gasteiger partial charge < -0.3 is 16.0 Å². The predicted octanol–water partition coefficient (Wildman–Crippen LogP) is 2.07. The first kappa shape index (κ1) is 17.5. The number of anilines is 1. The van der Waals surface area contributed by atoms with Gasteiger partial charge in [-0.1, -0.05) is 23.7 Å². The van der Waals surface area contributed by atoms with Crippen LogP contribution in [0.4, 0.5) is 5.69 Å². The van der Waals surface area contributed by atoms with Crippen molar-refractivity contribution in [1.82, 2.24) is 10.6 Å². The molecule has 0 spiro atoms. The molecule has 2 aromatic carbocycles. The lowest BCUT2D eigenvalue weighted by Crippen LogP contribution is -2.33. The van der Waals surface area contributed by atoms with E-state index in [1.165, 1.54) is 0 Å². The second-order valence-electron chi connectivity index (χ2n) is 4.87. The second kappa shape index (κ2) is 8.12. The normalized spacial score (nSPS) is 9.92. The van der Waals surface area contributed by atoms with Crippen LogP contribution in [0, 0.1) is 0 Å². The topological polar surface area (TPSA) is 87.3 Å². The second-order valence-corrected chi connectivity index (χ2v) is 5.27. The van der Waals surface area contributed by atoms with Crippen LogP contribution in [0.15, 0.2) is 48.5 Å². The van der Waals surface area contributed by atoms with Gasteiger partial charge in [0.1, 0.15) is 0 Å². The Bertz CT molecular complexity index is 760. The van der Waals surface area contributed by atoms with Crippen molar-refractivity contribution < 1.29 is 14.4 Å². The predicted molar refractivity (Wildman–Crippen MR) is 92.2 cm³/mol. The lowest BCUT2D eigenvalue weighted by molar-refractivity contribution is -0.115. The number of halogens is 1. The van der Waals surface area contributed by atoms with Crippen LogP contribution in [0.25, 0.3) is 0 Å². The van der Waals surface area contributed by atoms with Gasteiger partial charge in [0.05, 0.1) is 17.1 Å². The molecule has 0 aromatic heterocycles. The highest BCUT2D eigenvalue weighted by Crippen LogP contribution is 2.14.